The highest BCUT2D eigenvalue weighted by atomic mass is 127. The van der Waals surface area contributed by atoms with Crippen molar-refractivity contribution in [2.24, 2.45) is 0 Å². The summed E-state index contributed by atoms with van der Waals surface area (Å²) in [5, 5.41) is 10.2. The molecule has 0 N–H and O–H groups in total. The summed E-state index contributed by atoms with van der Waals surface area (Å²) in [5.74, 6) is 1.45. The van der Waals surface area contributed by atoms with Crippen LogP contribution in [0.2, 0.25) is 5.02 Å². The lowest BCUT2D eigenvalue weighted by atomic mass is 10.0. The second kappa shape index (κ2) is 9.69. The molecule has 0 radical (unpaired) electrons. The van der Waals surface area contributed by atoms with E-state index in [4.69, 9.17) is 21.1 Å². The minimum atomic E-state index is 0.550. The van der Waals surface area contributed by atoms with E-state index in [1.54, 1.807) is 12.1 Å². The molecule has 0 atom stereocenters. The average molecular weight is 468 g/mol. The van der Waals surface area contributed by atoms with Crippen molar-refractivity contribution in [3.8, 4) is 17.6 Å². The predicted octanol–water partition coefficient (Wildman–Crippen LogP) is 6.20. The monoisotopic (exact) mass is 467 g/mol. The molecule has 5 heteroatoms. The van der Waals surface area contributed by atoms with Crippen LogP contribution < -0.4 is 9.47 Å². The summed E-state index contributed by atoms with van der Waals surface area (Å²) in [7, 11) is 0. The second-order valence-corrected chi connectivity index (χ2v) is 6.89. The van der Waals surface area contributed by atoms with E-state index >= 15 is 0 Å². The summed E-state index contributed by atoms with van der Waals surface area (Å²) in [4.78, 5) is 0. The molecule has 0 saturated carbocycles. The van der Waals surface area contributed by atoms with Crippen LogP contribution in [-0.4, -0.2) is 13.2 Å². The summed E-state index contributed by atoms with van der Waals surface area (Å²) < 4.78 is 12.5. The number of benzene rings is 2. The third kappa shape index (κ3) is 5.38. The predicted molar refractivity (Wildman–Crippen MR) is 111 cm³/mol. The van der Waals surface area contributed by atoms with Gasteiger partial charge in [-0.1, -0.05) is 30.7 Å². The number of hydrogen-bond donors (Lipinski definition) is 0. The number of nitrogens with zero attached hydrogens (tertiary/aromatic N) is 1. The number of rotatable bonds is 7. The van der Waals surface area contributed by atoms with Crippen LogP contribution in [0.5, 0.6) is 11.5 Å². The first kappa shape index (κ1) is 19.6. The molecule has 2 aromatic rings. The summed E-state index contributed by atoms with van der Waals surface area (Å²) in [5.41, 5.74) is 2.28. The van der Waals surface area contributed by atoms with E-state index in [-0.39, 0.29) is 0 Å². The fourth-order valence-corrected chi connectivity index (χ4v) is 3.16. The van der Waals surface area contributed by atoms with Crippen LogP contribution in [0.3, 0.4) is 0 Å². The van der Waals surface area contributed by atoms with Crippen molar-refractivity contribution < 1.29 is 9.47 Å². The SMILES string of the molecule is CCCOc1c(I)cc(/C=C(\C#N)c2ccc(Cl)cc2)cc1OCC. The first-order valence-corrected chi connectivity index (χ1v) is 9.51. The van der Waals surface area contributed by atoms with Crippen molar-refractivity contribution in [1.82, 2.24) is 0 Å². The topological polar surface area (TPSA) is 42.2 Å². The molecular formula is C20H19ClINO2. The second-order valence-electron chi connectivity index (χ2n) is 5.29. The zero-order valence-electron chi connectivity index (χ0n) is 14.2. The Morgan fingerprint density at radius 1 is 1.20 bits per heavy atom. The van der Waals surface area contributed by atoms with Gasteiger partial charge in [0.05, 0.1) is 28.4 Å². The molecule has 2 aromatic carbocycles. The molecule has 25 heavy (non-hydrogen) atoms. The summed E-state index contributed by atoms with van der Waals surface area (Å²) in [6, 6.07) is 13.4. The maximum Gasteiger partial charge on any atom is 0.174 e. The molecule has 0 heterocycles. The zero-order valence-corrected chi connectivity index (χ0v) is 17.1. The van der Waals surface area contributed by atoms with Crippen LogP contribution in [0.4, 0.5) is 0 Å². The van der Waals surface area contributed by atoms with Crippen LogP contribution in [-0.2, 0) is 0 Å². The number of ether oxygens (including phenoxy) is 2. The highest BCUT2D eigenvalue weighted by Gasteiger charge is 2.12. The highest BCUT2D eigenvalue weighted by Crippen LogP contribution is 2.35. The molecule has 0 aliphatic carbocycles. The minimum absolute atomic E-state index is 0.550. The Kier molecular flexibility index (Phi) is 7.60. The van der Waals surface area contributed by atoms with E-state index in [1.165, 1.54) is 0 Å². The Hall–Kier alpha value is -1.71. The lowest BCUT2D eigenvalue weighted by molar-refractivity contribution is 0.275. The number of hydrogen-bond acceptors (Lipinski definition) is 3. The van der Waals surface area contributed by atoms with Gasteiger partial charge in [-0.15, -0.1) is 0 Å². The van der Waals surface area contributed by atoms with Crippen molar-refractivity contribution >= 4 is 45.8 Å². The van der Waals surface area contributed by atoms with Crippen molar-refractivity contribution in [3.63, 3.8) is 0 Å². The van der Waals surface area contributed by atoms with E-state index in [0.29, 0.717) is 29.6 Å². The summed E-state index contributed by atoms with van der Waals surface area (Å²) in [6.45, 7) is 5.19. The largest absolute Gasteiger partial charge is 0.490 e. The normalized spacial score (nSPS) is 11.1. The Morgan fingerprint density at radius 3 is 2.52 bits per heavy atom. The van der Waals surface area contributed by atoms with E-state index in [0.717, 1.165) is 26.9 Å². The molecule has 0 spiro atoms. The highest BCUT2D eigenvalue weighted by molar-refractivity contribution is 14.1. The van der Waals surface area contributed by atoms with Crippen molar-refractivity contribution in [2.45, 2.75) is 20.3 Å². The van der Waals surface area contributed by atoms with Gasteiger partial charge in [-0.2, -0.15) is 5.26 Å². The average Bonchev–Trinajstić information content (AvgIpc) is 2.60. The molecule has 0 bridgehead atoms. The number of nitriles is 1. The lowest BCUT2D eigenvalue weighted by Crippen LogP contribution is -2.02. The quantitative estimate of drug-likeness (QED) is 0.277. The van der Waals surface area contributed by atoms with Gasteiger partial charge in [0.2, 0.25) is 0 Å². The fourth-order valence-electron chi connectivity index (χ4n) is 2.25. The summed E-state index contributed by atoms with van der Waals surface area (Å²) in [6.07, 6.45) is 2.77. The van der Waals surface area contributed by atoms with Gasteiger partial charge in [-0.25, -0.2) is 0 Å². The van der Waals surface area contributed by atoms with Crippen LogP contribution in [0.1, 0.15) is 31.4 Å². The maximum atomic E-state index is 9.51. The van der Waals surface area contributed by atoms with E-state index in [9.17, 15) is 5.26 Å². The Labute approximate surface area is 167 Å². The lowest BCUT2D eigenvalue weighted by Gasteiger charge is -2.14. The molecular weight excluding hydrogens is 449 g/mol. The van der Waals surface area contributed by atoms with Crippen molar-refractivity contribution in [3.05, 3.63) is 56.1 Å². The van der Waals surface area contributed by atoms with Crippen molar-refractivity contribution in [1.29, 1.82) is 5.26 Å². The Bertz CT molecular complexity index is 795. The van der Waals surface area contributed by atoms with Crippen molar-refractivity contribution in [2.75, 3.05) is 13.2 Å². The van der Waals surface area contributed by atoms with Crippen LogP contribution in [0.25, 0.3) is 11.6 Å². The van der Waals surface area contributed by atoms with Gasteiger partial charge in [-0.05, 0) is 77.4 Å². The minimum Gasteiger partial charge on any atom is -0.490 e. The van der Waals surface area contributed by atoms with Gasteiger partial charge in [0, 0.05) is 5.02 Å². The first-order chi connectivity index (χ1) is 12.1. The maximum absolute atomic E-state index is 9.51. The third-order valence-electron chi connectivity index (χ3n) is 3.37. The molecule has 0 aromatic heterocycles. The van der Waals surface area contributed by atoms with Gasteiger partial charge in [0.15, 0.2) is 11.5 Å². The van der Waals surface area contributed by atoms with Gasteiger partial charge in [0.25, 0.3) is 0 Å². The van der Waals surface area contributed by atoms with Crippen LogP contribution >= 0.6 is 34.2 Å². The molecule has 0 saturated heterocycles. The van der Waals surface area contributed by atoms with Gasteiger partial charge in [0.1, 0.15) is 0 Å². The first-order valence-electron chi connectivity index (χ1n) is 8.05. The van der Waals surface area contributed by atoms with E-state index in [2.05, 4.69) is 35.6 Å². The molecule has 130 valence electrons. The molecule has 0 fully saturated rings. The van der Waals surface area contributed by atoms with Crippen LogP contribution in [0, 0.1) is 14.9 Å². The molecule has 0 aliphatic rings. The Morgan fingerprint density at radius 2 is 1.92 bits per heavy atom. The molecule has 0 amide bonds. The van der Waals surface area contributed by atoms with E-state index in [1.807, 2.05) is 37.3 Å². The molecule has 3 nitrogen and oxygen atoms in total. The smallest absolute Gasteiger partial charge is 0.174 e. The zero-order chi connectivity index (χ0) is 18.2. The van der Waals surface area contributed by atoms with Gasteiger partial charge in [-0.3, -0.25) is 0 Å². The van der Waals surface area contributed by atoms with Gasteiger partial charge < -0.3 is 9.47 Å². The molecule has 0 aliphatic heterocycles. The standard InChI is InChI=1S/C20H19ClINO2/c1-3-9-25-20-18(22)11-14(12-19(20)24-4-2)10-16(13-23)15-5-7-17(21)8-6-15/h5-8,10-12H,3-4,9H2,1-2H3/b16-10+. The third-order valence-corrected chi connectivity index (χ3v) is 4.42. The molecule has 0 unspecified atom stereocenters. The number of halogens is 2. The van der Waals surface area contributed by atoms with Crippen LogP contribution in [0.15, 0.2) is 36.4 Å². The van der Waals surface area contributed by atoms with E-state index < -0.39 is 0 Å². The van der Waals surface area contributed by atoms with Gasteiger partial charge >= 0.3 is 0 Å². The molecule has 2 rings (SSSR count). The summed E-state index contributed by atoms with van der Waals surface area (Å²) >= 11 is 8.16. The number of allylic oxidation sites excluding steroid dienone is 1. The Balaban J connectivity index is 2.43. The fraction of sp³-hybridized carbons (Fsp3) is 0.250.